The number of hydrogen-bond donors (Lipinski definition) is 2. The number of furan rings is 1. The summed E-state index contributed by atoms with van der Waals surface area (Å²) in [6.45, 7) is 3.85. The first-order valence-corrected chi connectivity index (χ1v) is 14.9. The summed E-state index contributed by atoms with van der Waals surface area (Å²) < 4.78 is 11.8. The molecule has 2 fully saturated rings. The van der Waals surface area contributed by atoms with Gasteiger partial charge >= 0.3 is 0 Å². The minimum absolute atomic E-state index is 0.0357. The minimum atomic E-state index is -1.04. The number of carbonyl (C=O) groups is 1. The van der Waals surface area contributed by atoms with Gasteiger partial charge in [-0.15, -0.1) is 0 Å². The first-order chi connectivity index (χ1) is 19.9. The molecule has 7 rings (SSSR count). The molecule has 4 aliphatic rings. The average Bonchev–Trinajstić information content (AvgIpc) is 3.63. The number of hydrogen-bond acceptors (Lipinski definition) is 6. The molecule has 2 bridgehead atoms. The van der Waals surface area contributed by atoms with Crippen molar-refractivity contribution in [2.45, 2.75) is 68.2 Å². The number of aliphatic hydroxyl groups is 1. The molecule has 2 aliphatic heterocycles. The number of piperidine rings is 1. The maximum absolute atomic E-state index is 13.5. The smallest absolute Gasteiger partial charge is 0.246 e. The summed E-state index contributed by atoms with van der Waals surface area (Å²) in [5, 5.41) is 24.1. The number of phenolic OH excluding ortho intramolecular Hbond substituents is 1. The second-order valence-electron chi connectivity index (χ2n) is 12.3. The molecule has 1 aromatic heterocycles. The van der Waals surface area contributed by atoms with Crippen molar-refractivity contribution in [2.75, 3.05) is 20.1 Å². The molecular weight excluding hydrogens is 516 g/mol. The molecule has 0 radical (unpaired) electrons. The molecule has 7 nitrogen and oxygen atoms in total. The van der Waals surface area contributed by atoms with Gasteiger partial charge in [-0.25, -0.2) is 0 Å². The number of rotatable bonds is 7. The van der Waals surface area contributed by atoms with E-state index in [0.717, 1.165) is 49.0 Å². The van der Waals surface area contributed by atoms with E-state index >= 15 is 0 Å². The standard InChI is InChI=1S/C34H38N2O5/c1-3-25-20-26(35(2)29(38)12-9-23-14-18-40-21-23)32-33-15-17-36(16-13-22-7-5-4-6-8-22)28(34(25,33)39)19-24-10-11-27(37)31(41-32)30(24)33/h4-12,14,18,21,25-26,28,32,37,39H,3,13,15-17,19-20H2,1-2H3/b12-9+/t25-,26+,28+,32+,33-,34+/m0/s1. The van der Waals surface area contributed by atoms with Crippen molar-refractivity contribution < 1.29 is 24.2 Å². The zero-order chi connectivity index (χ0) is 28.4. The van der Waals surface area contributed by atoms with Crippen LogP contribution < -0.4 is 4.74 Å². The highest BCUT2D eigenvalue weighted by Crippen LogP contribution is 2.67. The third-order valence-corrected chi connectivity index (χ3v) is 10.6. The molecule has 7 heteroatoms. The Bertz CT molecular complexity index is 1470. The molecule has 1 spiro atoms. The number of benzene rings is 2. The monoisotopic (exact) mass is 554 g/mol. The Balaban J connectivity index is 1.28. The van der Waals surface area contributed by atoms with Crippen LogP contribution in [-0.2, 0) is 23.1 Å². The van der Waals surface area contributed by atoms with Gasteiger partial charge in [-0.1, -0.05) is 49.7 Å². The van der Waals surface area contributed by atoms with Gasteiger partial charge in [0.25, 0.3) is 0 Å². The highest BCUT2D eigenvalue weighted by molar-refractivity contribution is 5.92. The fourth-order valence-electron chi connectivity index (χ4n) is 8.68. The molecule has 3 aromatic rings. The van der Waals surface area contributed by atoms with Gasteiger partial charge in [0, 0.05) is 36.8 Å². The highest BCUT2D eigenvalue weighted by Gasteiger charge is 2.75. The van der Waals surface area contributed by atoms with E-state index in [4.69, 9.17) is 9.15 Å². The summed E-state index contributed by atoms with van der Waals surface area (Å²) in [5.74, 6) is 0.454. The van der Waals surface area contributed by atoms with E-state index in [1.165, 1.54) is 5.56 Å². The number of nitrogens with zero attached hydrogens (tertiary/aromatic N) is 2. The number of carbonyl (C=O) groups excluding carboxylic acids is 1. The summed E-state index contributed by atoms with van der Waals surface area (Å²) in [6, 6.07) is 15.8. The summed E-state index contributed by atoms with van der Waals surface area (Å²) in [6.07, 6.45) is 9.85. The van der Waals surface area contributed by atoms with Crippen LogP contribution in [0, 0.1) is 5.92 Å². The molecule has 214 valence electrons. The molecule has 0 unspecified atom stereocenters. The van der Waals surface area contributed by atoms with Crippen molar-refractivity contribution in [1.82, 2.24) is 9.80 Å². The number of likely N-dealkylation sites (N-methyl/N-ethyl adjacent to an activating group) is 1. The van der Waals surface area contributed by atoms with Crippen LogP contribution >= 0.6 is 0 Å². The summed E-state index contributed by atoms with van der Waals surface area (Å²) in [5.41, 5.74) is 2.50. The van der Waals surface area contributed by atoms with E-state index in [1.807, 2.05) is 25.2 Å². The van der Waals surface area contributed by atoms with Gasteiger partial charge in [0.05, 0.1) is 29.6 Å². The van der Waals surface area contributed by atoms with Crippen molar-refractivity contribution in [2.24, 2.45) is 5.92 Å². The highest BCUT2D eigenvalue weighted by atomic mass is 16.5. The van der Waals surface area contributed by atoms with E-state index in [0.29, 0.717) is 18.6 Å². The van der Waals surface area contributed by atoms with Gasteiger partial charge in [-0.3, -0.25) is 9.69 Å². The maximum Gasteiger partial charge on any atom is 0.246 e. The fraction of sp³-hybridized carbons (Fsp3) is 0.441. The van der Waals surface area contributed by atoms with Crippen LogP contribution in [0.1, 0.15) is 48.4 Å². The number of ether oxygens (including phenoxy) is 1. The predicted octanol–water partition coefficient (Wildman–Crippen LogP) is 4.56. The van der Waals surface area contributed by atoms with Crippen LogP contribution in [0.5, 0.6) is 11.5 Å². The predicted molar refractivity (Wildman–Crippen MR) is 156 cm³/mol. The number of likely N-dealkylation sites (tertiary alicyclic amines) is 1. The first-order valence-electron chi connectivity index (χ1n) is 14.9. The van der Waals surface area contributed by atoms with Crippen LogP contribution in [0.3, 0.4) is 0 Å². The van der Waals surface area contributed by atoms with Gasteiger partial charge in [0.15, 0.2) is 11.5 Å². The lowest BCUT2D eigenvalue weighted by molar-refractivity contribution is -0.228. The van der Waals surface area contributed by atoms with Crippen LogP contribution in [-0.4, -0.2) is 69.8 Å². The van der Waals surface area contributed by atoms with E-state index in [2.05, 4.69) is 36.1 Å². The summed E-state index contributed by atoms with van der Waals surface area (Å²) in [7, 11) is 1.84. The van der Waals surface area contributed by atoms with Crippen molar-refractivity contribution in [1.29, 1.82) is 0 Å². The van der Waals surface area contributed by atoms with Crippen LogP contribution in [0.15, 0.2) is 71.6 Å². The fourth-order valence-corrected chi connectivity index (χ4v) is 8.68. The van der Waals surface area contributed by atoms with E-state index in [9.17, 15) is 15.0 Å². The van der Waals surface area contributed by atoms with Gasteiger partial charge < -0.3 is 24.3 Å². The quantitative estimate of drug-likeness (QED) is 0.417. The zero-order valence-electron chi connectivity index (χ0n) is 23.7. The van der Waals surface area contributed by atoms with Crippen LogP contribution in [0.25, 0.3) is 6.08 Å². The topological polar surface area (TPSA) is 86.4 Å². The van der Waals surface area contributed by atoms with E-state index in [-0.39, 0.29) is 29.7 Å². The third kappa shape index (κ3) is 3.75. The number of phenols is 1. The Kier molecular flexibility index (Phi) is 6.28. The zero-order valence-corrected chi connectivity index (χ0v) is 23.7. The largest absolute Gasteiger partial charge is 0.504 e. The number of amides is 1. The van der Waals surface area contributed by atoms with Crippen LogP contribution in [0.4, 0.5) is 0 Å². The van der Waals surface area contributed by atoms with Crippen molar-refractivity contribution in [3.63, 3.8) is 0 Å². The van der Waals surface area contributed by atoms with Gasteiger partial charge in [-0.2, -0.15) is 0 Å². The lowest BCUT2D eigenvalue weighted by Gasteiger charge is -2.67. The number of aromatic hydroxyl groups is 1. The van der Waals surface area contributed by atoms with Gasteiger partial charge in [-0.05, 0) is 67.5 Å². The molecule has 6 atom stereocenters. The lowest BCUT2D eigenvalue weighted by Crippen LogP contribution is -2.81. The molecule has 1 amide bonds. The molecule has 41 heavy (non-hydrogen) atoms. The lowest BCUT2D eigenvalue weighted by atomic mass is 9.45. The SMILES string of the molecule is CC[C@H]1C[C@@H](N(C)C(=O)/C=C/c2ccoc2)[C@H]2Oc3c(O)ccc4c3[C@@]23CCN(CCc2ccccc2)[C@H](C4)[C@]13O. The Hall–Kier alpha value is -3.55. The average molecular weight is 555 g/mol. The Morgan fingerprint density at radius 1 is 1.20 bits per heavy atom. The first kappa shape index (κ1) is 26.4. The normalized spacial score (nSPS) is 31.6. The molecule has 1 saturated heterocycles. The van der Waals surface area contributed by atoms with Crippen LogP contribution in [0.2, 0.25) is 0 Å². The molecule has 1 saturated carbocycles. The van der Waals surface area contributed by atoms with Gasteiger partial charge in [0.1, 0.15) is 6.10 Å². The summed E-state index contributed by atoms with van der Waals surface area (Å²) >= 11 is 0. The molecule has 3 heterocycles. The molecule has 2 aliphatic carbocycles. The van der Waals surface area contributed by atoms with Crippen molar-refractivity contribution in [3.05, 3.63) is 89.4 Å². The second kappa shape index (κ2) is 9.78. The van der Waals surface area contributed by atoms with Crippen molar-refractivity contribution in [3.8, 4) is 11.5 Å². The second-order valence-corrected chi connectivity index (χ2v) is 12.3. The molecular formula is C34H38N2O5. The van der Waals surface area contributed by atoms with Crippen molar-refractivity contribution >= 4 is 12.0 Å². The molecule has 2 N–H and O–H groups in total. The van der Waals surface area contributed by atoms with E-state index in [1.54, 1.807) is 35.6 Å². The summed E-state index contributed by atoms with van der Waals surface area (Å²) in [4.78, 5) is 17.8. The Labute approximate surface area is 241 Å². The third-order valence-electron chi connectivity index (χ3n) is 10.6. The molecule has 2 aromatic carbocycles. The maximum atomic E-state index is 13.5. The van der Waals surface area contributed by atoms with E-state index < -0.39 is 17.1 Å². The van der Waals surface area contributed by atoms with Gasteiger partial charge in [0.2, 0.25) is 5.91 Å². The Morgan fingerprint density at radius 3 is 2.78 bits per heavy atom. The minimum Gasteiger partial charge on any atom is -0.504 e. The Morgan fingerprint density at radius 2 is 2.02 bits per heavy atom.